The molecule has 3 N–H and O–H groups in total. The lowest BCUT2D eigenvalue weighted by molar-refractivity contribution is -0.139. The lowest BCUT2D eigenvalue weighted by atomic mass is 10.5. The molecule has 0 aliphatic heterocycles. The molecule has 0 aliphatic rings. The first-order chi connectivity index (χ1) is 7.26. The quantitative estimate of drug-likeness (QED) is 0.338. The van der Waals surface area contributed by atoms with Crippen molar-refractivity contribution in [3.05, 3.63) is 18.3 Å². The number of carbonyl (C=O) groups is 1. The molecule has 0 bridgehead atoms. The number of esters is 1. The zero-order valence-electron chi connectivity index (χ0n) is 8.40. The molecule has 1 aromatic rings. The van der Waals surface area contributed by atoms with Crippen LogP contribution in [0.4, 0.5) is 5.82 Å². The molecule has 1 rings (SSSR count). The summed E-state index contributed by atoms with van der Waals surface area (Å²) >= 11 is 1.39. The number of nitrogens with two attached hydrogens (primary N) is 1. The number of hydrogen-bond donors (Lipinski definition) is 2. The van der Waals surface area contributed by atoms with Crippen molar-refractivity contribution in [2.24, 2.45) is 5.84 Å². The number of ether oxygens (including phenoxy) is 1. The first-order valence-electron chi connectivity index (χ1n) is 4.47. The zero-order chi connectivity index (χ0) is 11.1. The topological polar surface area (TPSA) is 77.2 Å². The fourth-order valence-electron chi connectivity index (χ4n) is 0.925. The van der Waals surface area contributed by atoms with Gasteiger partial charge in [-0.05, 0) is 19.1 Å². The number of thioether (sulfide) groups is 1. The first kappa shape index (κ1) is 11.8. The molecule has 82 valence electrons. The van der Waals surface area contributed by atoms with Crippen LogP contribution < -0.4 is 11.3 Å². The Bertz CT molecular complexity index is 333. The van der Waals surface area contributed by atoms with Crippen molar-refractivity contribution in [3.63, 3.8) is 0 Å². The average molecular weight is 227 g/mol. The number of pyridine rings is 1. The van der Waals surface area contributed by atoms with Crippen molar-refractivity contribution in [1.82, 2.24) is 4.98 Å². The van der Waals surface area contributed by atoms with E-state index in [1.54, 1.807) is 19.2 Å². The summed E-state index contributed by atoms with van der Waals surface area (Å²) in [6, 6.07) is 3.58. The van der Waals surface area contributed by atoms with Gasteiger partial charge in [-0.3, -0.25) is 4.79 Å². The van der Waals surface area contributed by atoms with Gasteiger partial charge in [0.25, 0.3) is 0 Å². The third-order valence-electron chi connectivity index (χ3n) is 1.54. The van der Waals surface area contributed by atoms with E-state index in [2.05, 4.69) is 10.4 Å². The van der Waals surface area contributed by atoms with Crippen molar-refractivity contribution in [1.29, 1.82) is 0 Å². The van der Waals surface area contributed by atoms with Crippen LogP contribution in [0.2, 0.25) is 0 Å². The minimum Gasteiger partial charge on any atom is -0.465 e. The normalized spacial score (nSPS) is 9.73. The molecule has 0 spiro atoms. The van der Waals surface area contributed by atoms with E-state index in [1.165, 1.54) is 11.8 Å². The Morgan fingerprint density at radius 3 is 3.20 bits per heavy atom. The molecule has 0 saturated heterocycles. The molecule has 0 atom stereocenters. The van der Waals surface area contributed by atoms with Gasteiger partial charge in [0.05, 0.1) is 12.4 Å². The van der Waals surface area contributed by atoms with Gasteiger partial charge in [0.15, 0.2) is 0 Å². The van der Waals surface area contributed by atoms with Crippen LogP contribution in [-0.4, -0.2) is 23.3 Å². The largest absolute Gasteiger partial charge is 0.465 e. The molecule has 1 aromatic heterocycles. The van der Waals surface area contributed by atoms with E-state index in [0.717, 1.165) is 4.90 Å². The second kappa shape index (κ2) is 6.26. The standard InChI is InChI=1S/C9H13N3O2S/c1-2-14-9(13)6-15-7-3-4-11-8(5-7)12-10/h3-5H,2,6,10H2,1H3,(H,11,12). The van der Waals surface area contributed by atoms with E-state index in [4.69, 9.17) is 10.6 Å². The highest BCUT2D eigenvalue weighted by molar-refractivity contribution is 8.00. The van der Waals surface area contributed by atoms with Gasteiger partial charge >= 0.3 is 5.97 Å². The number of nitrogens with one attached hydrogen (secondary N) is 1. The van der Waals surface area contributed by atoms with E-state index in [0.29, 0.717) is 18.2 Å². The Balaban J connectivity index is 2.46. The number of nitrogens with zero attached hydrogens (tertiary/aromatic N) is 1. The Labute approximate surface area is 92.4 Å². The molecule has 15 heavy (non-hydrogen) atoms. The maximum atomic E-state index is 11.1. The van der Waals surface area contributed by atoms with Crippen LogP contribution in [0.25, 0.3) is 0 Å². The maximum Gasteiger partial charge on any atom is 0.316 e. The van der Waals surface area contributed by atoms with Crippen molar-refractivity contribution < 1.29 is 9.53 Å². The van der Waals surface area contributed by atoms with E-state index < -0.39 is 0 Å². The van der Waals surface area contributed by atoms with E-state index in [1.807, 2.05) is 6.07 Å². The first-order valence-corrected chi connectivity index (χ1v) is 5.46. The van der Waals surface area contributed by atoms with Crippen LogP contribution >= 0.6 is 11.8 Å². The van der Waals surface area contributed by atoms with Crippen molar-refractivity contribution in [2.45, 2.75) is 11.8 Å². The molecule has 6 heteroatoms. The second-order valence-corrected chi connectivity index (χ2v) is 3.66. The molecular weight excluding hydrogens is 214 g/mol. The summed E-state index contributed by atoms with van der Waals surface area (Å²) in [5.41, 5.74) is 2.44. The van der Waals surface area contributed by atoms with Gasteiger partial charge in [0, 0.05) is 11.1 Å². The van der Waals surface area contributed by atoms with E-state index >= 15 is 0 Å². The molecule has 0 aliphatic carbocycles. The number of hydrazine groups is 1. The third kappa shape index (κ3) is 4.18. The van der Waals surface area contributed by atoms with Crippen LogP contribution in [0.15, 0.2) is 23.2 Å². The van der Waals surface area contributed by atoms with Gasteiger partial charge in [-0.2, -0.15) is 0 Å². The van der Waals surface area contributed by atoms with Crippen LogP contribution in [0.3, 0.4) is 0 Å². The zero-order valence-corrected chi connectivity index (χ0v) is 9.21. The van der Waals surface area contributed by atoms with Gasteiger partial charge in [0.2, 0.25) is 0 Å². The predicted molar refractivity (Wildman–Crippen MR) is 59.4 cm³/mol. The Kier molecular flexibility index (Phi) is 4.92. The van der Waals surface area contributed by atoms with Gasteiger partial charge in [-0.1, -0.05) is 0 Å². The van der Waals surface area contributed by atoms with Crippen molar-refractivity contribution in [3.8, 4) is 0 Å². The molecular formula is C9H13N3O2S. The number of hydrogen-bond acceptors (Lipinski definition) is 6. The fourth-order valence-corrected chi connectivity index (χ4v) is 1.64. The smallest absolute Gasteiger partial charge is 0.316 e. The summed E-state index contributed by atoms with van der Waals surface area (Å²) in [5.74, 6) is 5.85. The summed E-state index contributed by atoms with van der Waals surface area (Å²) in [5, 5.41) is 0. The minimum absolute atomic E-state index is 0.221. The summed E-state index contributed by atoms with van der Waals surface area (Å²) in [6.45, 7) is 2.19. The highest BCUT2D eigenvalue weighted by Gasteiger charge is 2.03. The van der Waals surface area contributed by atoms with Crippen LogP contribution in [0.5, 0.6) is 0 Å². The summed E-state index contributed by atoms with van der Waals surface area (Å²) in [4.78, 5) is 15.9. The van der Waals surface area contributed by atoms with Gasteiger partial charge in [-0.25, -0.2) is 10.8 Å². The number of anilines is 1. The SMILES string of the molecule is CCOC(=O)CSc1ccnc(NN)c1. The highest BCUT2D eigenvalue weighted by atomic mass is 32.2. The number of nitrogen functional groups attached to an aromatic ring is 1. The monoisotopic (exact) mass is 227 g/mol. The van der Waals surface area contributed by atoms with Gasteiger partial charge in [-0.15, -0.1) is 11.8 Å². The number of rotatable bonds is 5. The minimum atomic E-state index is -0.221. The molecule has 1 heterocycles. The number of carbonyl (C=O) groups excluding carboxylic acids is 1. The van der Waals surface area contributed by atoms with Crippen LogP contribution in [-0.2, 0) is 9.53 Å². The molecule has 0 amide bonds. The number of aromatic nitrogens is 1. The predicted octanol–water partition coefficient (Wildman–Crippen LogP) is 1.02. The van der Waals surface area contributed by atoms with Crippen LogP contribution in [0.1, 0.15) is 6.92 Å². The average Bonchev–Trinajstić information content (AvgIpc) is 2.27. The van der Waals surface area contributed by atoms with E-state index in [-0.39, 0.29) is 5.97 Å². The molecule has 5 nitrogen and oxygen atoms in total. The van der Waals surface area contributed by atoms with E-state index in [9.17, 15) is 4.79 Å². The third-order valence-corrected chi connectivity index (χ3v) is 2.51. The lowest BCUT2D eigenvalue weighted by Gasteiger charge is -2.03. The molecule has 0 aromatic carbocycles. The Morgan fingerprint density at radius 2 is 2.53 bits per heavy atom. The maximum absolute atomic E-state index is 11.1. The molecule has 0 radical (unpaired) electrons. The summed E-state index contributed by atoms with van der Waals surface area (Å²) < 4.78 is 4.80. The fraction of sp³-hybridized carbons (Fsp3) is 0.333. The Morgan fingerprint density at radius 1 is 1.73 bits per heavy atom. The lowest BCUT2D eigenvalue weighted by Crippen LogP contribution is -2.08. The van der Waals surface area contributed by atoms with Gasteiger partial charge < -0.3 is 10.2 Å². The second-order valence-electron chi connectivity index (χ2n) is 2.61. The molecule has 0 saturated carbocycles. The van der Waals surface area contributed by atoms with Crippen molar-refractivity contribution in [2.75, 3.05) is 17.8 Å². The Hall–Kier alpha value is -1.27. The summed E-state index contributed by atoms with van der Waals surface area (Å²) in [7, 11) is 0. The molecule has 0 unspecified atom stereocenters. The van der Waals surface area contributed by atoms with Crippen LogP contribution in [0, 0.1) is 0 Å². The molecule has 0 fully saturated rings. The summed E-state index contributed by atoms with van der Waals surface area (Å²) in [6.07, 6.45) is 1.63. The highest BCUT2D eigenvalue weighted by Crippen LogP contribution is 2.19. The van der Waals surface area contributed by atoms with Gasteiger partial charge in [0.1, 0.15) is 5.82 Å². The van der Waals surface area contributed by atoms with Crippen molar-refractivity contribution >= 4 is 23.5 Å².